The third-order valence-electron chi connectivity index (χ3n) is 11.2. The minimum Gasteiger partial charge on any atom is -0.324 e. The topological polar surface area (TPSA) is 109 Å². The first-order valence-electron chi connectivity index (χ1n) is 19.5. The van der Waals surface area contributed by atoms with Gasteiger partial charge in [-0.1, -0.05) is 111 Å². The van der Waals surface area contributed by atoms with Crippen LogP contribution in [0.2, 0.25) is 0 Å². The minimum absolute atomic E-state index is 0.0671. The molecule has 2 N–H and O–H groups in total. The molecule has 0 unspecified atom stereocenters. The van der Waals surface area contributed by atoms with Gasteiger partial charge in [0.15, 0.2) is 23.3 Å². The van der Waals surface area contributed by atoms with Crippen LogP contribution in [0.5, 0.6) is 0 Å². The molecule has 2 aliphatic rings. The predicted octanol–water partition coefficient (Wildman–Crippen LogP) is 11.0. The molecule has 9 heteroatoms. The van der Waals surface area contributed by atoms with Crippen LogP contribution in [0.1, 0.15) is 79.0 Å². The number of H-pyrrole nitrogens is 2. The molecule has 282 valence electrons. The molecule has 2 aliphatic heterocycles. The molecular formula is C47H50N9+. The smallest absolute Gasteiger partial charge is 0.164 e. The Balaban J connectivity index is 1.49. The SMILES string of the molecule is CC(C)(C)c1ccc2c(c1)-c1nc-2nc2[nH]c(nc3nc(nc4[nH]c(n1)c1ccc(C(C)(C)C)cc41)-c1ccc(C(C)(C)C)cc1-3)c1cccc([N+](C)(C)C)c21. The van der Waals surface area contributed by atoms with Gasteiger partial charge in [0.1, 0.15) is 28.3 Å². The molecule has 8 bridgehead atoms. The van der Waals surface area contributed by atoms with Crippen molar-refractivity contribution >= 4 is 49.8 Å². The largest absolute Gasteiger partial charge is 0.324 e. The van der Waals surface area contributed by atoms with E-state index in [-0.39, 0.29) is 16.2 Å². The Morgan fingerprint density at radius 2 is 0.839 bits per heavy atom. The minimum atomic E-state index is -0.0724. The van der Waals surface area contributed by atoms with Crippen LogP contribution in [0.4, 0.5) is 5.69 Å². The van der Waals surface area contributed by atoms with Gasteiger partial charge in [-0.15, -0.1) is 0 Å². The van der Waals surface area contributed by atoms with Crippen molar-refractivity contribution in [3.05, 3.63) is 89.5 Å². The summed E-state index contributed by atoms with van der Waals surface area (Å²) in [4.78, 5) is 39.0. The van der Waals surface area contributed by atoms with Gasteiger partial charge in [-0.25, -0.2) is 29.9 Å². The van der Waals surface area contributed by atoms with E-state index in [0.29, 0.717) is 50.4 Å². The van der Waals surface area contributed by atoms with E-state index in [1.165, 1.54) is 16.7 Å². The summed E-state index contributed by atoms with van der Waals surface area (Å²) in [5, 5.41) is 3.90. The summed E-state index contributed by atoms with van der Waals surface area (Å²) in [5.41, 5.74) is 11.0. The maximum Gasteiger partial charge on any atom is 0.164 e. The van der Waals surface area contributed by atoms with Gasteiger partial charge in [-0.2, -0.15) is 0 Å². The quantitative estimate of drug-likeness (QED) is 0.162. The molecule has 56 heavy (non-hydrogen) atoms. The summed E-state index contributed by atoms with van der Waals surface area (Å²) in [6, 6.07) is 26.0. The van der Waals surface area contributed by atoms with E-state index < -0.39 is 0 Å². The van der Waals surface area contributed by atoms with Crippen molar-refractivity contribution in [3.63, 3.8) is 0 Å². The molecule has 3 aromatic heterocycles. The molecule has 4 aromatic carbocycles. The highest BCUT2D eigenvalue weighted by Crippen LogP contribution is 2.41. The van der Waals surface area contributed by atoms with Gasteiger partial charge in [0, 0.05) is 38.4 Å². The van der Waals surface area contributed by atoms with Gasteiger partial charge in [-0.3, -0.25) is 4.48 Å². The highest BCUT2D eigenvalue weighted by atomic mass is 15.3. The zero-order valence-corrected chi connectivity index (χ0v) is 34.6. The standard InChI is InChI=1S/C47H50N9/c1-45(2,3)25-16-19-28-32(22-25)41-48-37(28)50-42-34-24-27(47(7,8)9)18-21-30(34)39(52-42)54-44-36-31(14-13-15-35(36)56(10,11)12)40(55-44)53-43-33-23-26(46(4,5)6)17-20-29(33)38(49-41)51-43/h13-24H,1-12H3,(H2,48,49,50,51,52,53,54,55)/q+1. The third kappa shape index (κ3) is 5.87. The van der Waals surface area contributed by atoms with Crippen LogP contribution in [-0.2, 0) is 16.2 Å². The average Bonchev–Trinajstić information content (AvgIpc) is 3.84. The fraction of sp³-hybridized carbons (Fsp3) is 0.319. The first kappa shape index (κ1) is 35.9. The zero-order chi connectivity index (χ0) is 39.7. The average molecular weight is 741 g/mol. The summed E-state index contributed by atoms with van der Waals surface area (Å²) < 4.78 is 0.594. The van der Waals surface area contributed by atoms with Crippen LogP contribution >= 0.6 is 0 Å². The second-order valence-corrected chi connectivity index (χ2v) is 19.4. The highest BCUT2D eigenvalue weighted by Gasteiger charge is 2.28. The molecule has 0 radical (unpaired) electrons. The van der Waals surface area contributed by atoms with Crippen molar-refractivity contribution in [2.45, 2.75) is 78.6 Å². The van der Waals surface area contributed by atoms with E-state index in [2.05, 4.69) is 166 Å². The van der Waals surface area contributed by atoms with E-state index in [0.717, 1.165) is 49.5 Å². The lowest BCUT2D eigenvalue weighted by Crippen LogP contribution is -2.34. The number of hydrogen-bond donors (Lipinski definition) is 2. The van der Waals surface area contributed by atoms with Crippen molar-refractivity contribution in [3.8, 4) is 45.6 Å². The second kappa shape index (κ2) is 11.9. The van der Waals surface area contributed by atoms with Gasteiger partial charge in [0.25, 0.3) is 0 Å². The Labute approximate surface area is 328 Å². The predicted molar refractivity (Wildman–Crippen MR) is 232 cm³/mol. The van der Waals surface area contributed by atoms with Gasteiger partial charge in [0.05, 0.1) is 26.5 Å². The molecule has 9 rings (SSSR count). The lowest BCUT2D eigenvalue weighted by Gasteiger charge is -2.24. The van der Waals surface area contributed by atoms with Crippen molar-refractivity contribution in [1.82, 2.24) is 44.4 Å². The normalized spacial score (nSPS) is 13.4. The Kier molecular flexibility index (Phi) is 7.59. The Morgan fingerprint density at radius 1 is 0.411 bits per heavy atom. The van der Waals surface area contributed by atoms with E-state index in [4.69, 9.17) is 29.9 Å². The molecule has 0 amide bonds. The van der Waals surface area contributed by atoms with Gasteiger partial charge >= 0.3 is 0 Å². The van der Waals surface area contributed by atoms with Crippen molar-refractivity contribution in [2.75, 3.05) is 21.1 Å². The van der Waals surface area contributed by atoms with E-state index in [9.17, 15) is 0 Å². The lowest BCUT2D eigenvalue weighted by molar-refractivity contribution is 0.490. The monoisotopic (exact) mass is 740 g/mol. The summed E-state index contributed by atoms with van der Waals surface area (Å²) in [7, 11) is 6.52. The number of aromatic amines is 2. The zero-order valence-electron chi connectivity index (χ0n) is 34.6. The van der Waals surface area contributed by atoms with Crippen LogP contribution in [-0.4, -0.2) is 61.0 Å². The van der Waals surface area contributed by atoms with E-state index in [1.54, 1.807) is 0 Å². The number of quaternary nitrogens is 1. The highest BCUT2D eigenvalue weighted by molar-refractivity contribution is 6.11. The van der Waals surface area contributed by atoms with Gasteiger partial charge < -0.3 is 9.97 Å². The van der Waals surface area contributed by atoms with E-state index >= 15 is 0 Å². The fourth-order valence-electron chi connectivity index (χ4n) is 7.78. The number of benzene rings is 4. The number of fused-ring (bicyclic) bond motifs is 20. The number of aromatic nitrogens is 8. The molecule has 0 fully saturated rings. The van der Waals surface area contributed by atoms with Crippen LogP contribution in [0.3, 0.4) is 0 Å². The van der Waals surface area contributed by atoms with Crippen LogP contribution in [0.15, 0.2) is 72.8 Å². The van der Waals surface area contributed by atoms with Crippen LogP contribution in [0.25, 0.3) is 89.7 Å². The van der Waals surface area contributed by atoms with Crippen molar-refractivity contribution < 1.29 is 0 Å². The molecule has 0 saturated heterocycles. The molecule has 0 saturated carbocycles. The number of nitrogens with zero attached hydrogens (tertiary/aromatic N) is 7. The fourth-order valence-corrected chi connectivity index (χ4v) is 7.78. The van der Waals surface area contributed by atoms with Crippen molar-refractivity contribution in [1.29, 1.82) is 0 Å². The second-order valence-electron chi connectivity index (χ2n) is 19.4. The molecular weight excluding hydrogens is 691 g/mol. The Bertz CT molecular complexity index is 2930. The number of hydrogen-bond acceptors (Lipinski definition) is 6. The van der Waals surface area contributed by atoms with Crippen LogP contribution in [0, 0.1) is 0 Å². The molecule has 5 heterocycles. The maximum atomic E-state index is 5.36. The molecule has 0 spiro atoms. The van der Waals surface area contributed by atoms with Gasteiger partial charge in [-0.05, 0) is 57.2 Å². The first-order valence-corrected chi connectivity index (χ1v) is 19.5. The molecule has 9 nitrogen and oxygen atoms in total. The molecule has 0 aliphatic carbocycles. The summed E-state index contributed by atoms with van der Waals surface area (Å²) in [5.74, 6) is 2.41. The Morgan fingerprint density at radius 3 is 1.36 bits per heavy atom. The molecule has 7 aromatic rings. The summed E-state index contributed by atoms with van der Waals surface area (Å²) in [6.45, 7) is 20.1. The number of nitrogens with one attached hydrogen (secondary N) is 2. The first-order chi connectivity index (χ1) is 26.2. The molecule has 0 atom stereocenters. The van der Waals surface area contributed by atoms with Crippen LogP contribution < -0.4 is 4.48 Å². The number of rotatable bonds is 1. The van der Waals surface area contributed by atoms with Crippen molar-refractivity contribution in [2.24, 2.45) is 0 Å². The Hall–Kier alpha value is -5.80. The lowest BCUT2D eigenvalue weighted by atomic mass is 9.85. The van der Waals surface area contributed by atoms with Gasteiger partial charge in [0.2, 0.25) is 0 Å². The maximum absolute atomic E-state index is 5.36. The third-order valence-corrected chi connectivity index (χ3v) is 11.2. The van der Waals surface area contributed by atoms with E-state index in [1.807, 2.05) is 0 Å². The summed E-state index contributed by atoms with van der Waals surface area (Å²) >= 11 is 0. The summed E-state index contributed by atoms with van der Waals surface area (Å²) in [6.07, 6.45) is 0.